The summed E-state index contributed by atoms with van der Waals surface area (Å²) in [7, 11) is 0.369. The van der Waals surface area contributed by atoms with Crippen LogP contribution in [0.1, 0.15) is 76.4 Å². The van der Waals surface area contributed by atoms with Crippen LogP contribution in [0.3, 0.4) is 0 Å². The average Bonchev–Trinajstić information content (AvgIpc) is 3.74. The van der Waals surface area contributed by atoms with Gasteiger partial charge < -0.3 is 14.4 Å². The topological polar surface area (TPSA) is 133 Å². The standard InChI is InChI=1S/C41H48ClN7O5S/c1-27-6-4-8-37(54-40(51)32-20-44-48(3)22-32)34-12-9-31(34)23-49-25-41(15-5-7-29-16-33(42)11-13-35(29)41)26-53-38-14-10-30(17-36(38)49)39(50)46-55(52,24-27)45-19-28-18-43-47(2)21-28/h4,8,10-11,13-14,16-18,20-22,27,31,34,37H,5-7,9,12,15,19,23-26H2,1-3H3,(H,45,46,50,52)/b8-4+/t27-,31-,34+,37-,41-,55?/m0/s1. The molecule has 14 heteroatoms. The SMILES string of the molecule is C[C@H]1C/C=C/[C@H](OC(=O)c2cnn(C)c2)[C@@H]2CC[C@H]2CN2C[C@@]3(CCCc4cc(Cl)ccc43)COc3ccc(cc32)C(=O)N=S(=O)(NCc2cnn(C)c2)C1. The zero-order valence-corrected chi connectivity index (χ0v) is 33.1. The molecule has 2 aliphatic carbocycles. The van der Waals surface area contributed by atoms with Crippen LogP contribution in [0.4, 0.5) is 5.69 Å². The summed E-state index contributed by atoms with van der Waals surface area (Å²) in [4.78, 5) is 29.9. The van der Waals surface area contributed by atoms with E-state index in [1.165, 1.54) is 17.3 Å². The Morgan fingerprint density at radius 2 is 1.95 bits per heavy atom. The van der Waals surface area contributed by atoms with Crippen molar-refractivity contribution in [1.82, 2.24) is 24.3 Å². The first-order valence-electron chi connectivity index (χ1n) is 19.1. The molecule has 6 atom stereocenters. The number of hydrogen-bond acceptors (Lipinski definition) is 8. The molecule has 1 amide bonds. The maximum absolute atomic E-state index is 14.6. The molecule has 1 fully saturated rings. The van der Waals surface area contributed by atoms with Crippen LogP contribution in [0.5, 0.6) is 5.75 Å². The van der Waals surface area contributed by atoms with Gasteiger partial charge in [0.15, 0.2) is 0 Å². The molecule has 2 aromatic heterocycles. The number of halogens is 1. The molecular weight excluding hydrogens is 738 g/mol. The van der Waals surface area contributed by atoms with Crippen LogP contribution in [-0.2, 0) is 47.1 Å². The van der Waals surface area contributed by atoms with E-state index in [0.717, 1.165) is 48.4 Å². The minimum Gasteiger partial charge on any atom is -0.490 e. The number of anilines is 1. The van der Waals surface area contributed by atoms with Crippen molar-refractivity contribution in [3.8, 4) is 5.75 Å². The Kier molecular flexibility index (Phi) is 10.4. The van der Waals surface area contributed by atoms with Gasteiger partial charge >= 0.3 is 5.97 Å². The van der Waals surface area contributed by atoms with Gasteiger partial charge in [0, 0.05) is 79.4 Å². The molecule has 4 aromatic rings. The summed E-state index contributed by atoms with van der Waals surface area (Å²) in [5, 5.41) is 9.14. The number of fused-ring (bicyclic) bond motifs is 4. The van der Waals surface area contributed by atoms with E-state index in [4.69, 9.17) is 21.1 Å². The number of nitrogens with zero attached hydrogens (tertiary/aromatic N) is 6. The summed E-state index contributed by atoms with van der Waals surface area (Å²) < 4.78 is 38.4. The van der Waals surface area contributed by atoms with Crippen molar-refractivity contribution in [2.45, 2.75) is 63.5 Å². The third-order valence-corrected chi connectivity index (χ3v) is 14.0. The van der Waals surface area contributed by atoms with E-state index < -0.39 is 27.9 Å². The lowest BCUT2D eigenvalue weighted by atomic mass is 9.68. The summed E-state index contributed by atoms with van der Waals surface area (Å²) in [5.41, 5.74) is 4.58. The molecule has 12 nitrogen and oxygen atoms in total. The van der Waals surface area contributed by atoms with Gasteiger partial charge in [0.25, 0.3) is 5.91 Å². The first kappa shape index (κ1) is 37.5. The highest BCUT2D eigenvalue weighted by Crippen LogP contribution is 2.47. The zero-order valence-electron chi connectivity index (χ0n) is 31.5. The summed E-state index contributed by atoms with van der Waals surface area (Å²) in [6.45, 7) is 4.06. The number of benzene rings is 2. The number of ether oxygens (including phenoxy) is 2. The number of carbonyl (C=O) groups excluding carboxylic acids is 2. The van der Waals surface area contributed by atoms with Crippen molar-refractivity contribution in [2.75, 3.05) is 30.3 Å². The molecule has 8 rings (SSSR count). The molecule has 2 bridgehead atoms. The molecule has 290 valence electrons. The molecular formula is C41H48ClN7O5S. The number of esters is 1. The fourth-order valence-electron chi connectivity index (χ4n) is 8.74. The molecule has 2 aromatic carbocycles. The summed E-state index contributed by atoms with van der Waals surface area (Å²) in [6.07, 6.45) is 15.6. The van der Waals surface area contributed by atoms with Crippen molar-refractivity contribution in [2.24, 2.45) is 36.2 Å². The molecule has 1 N–H and O–H groups in total. The normalized spacial score (nSPS) is 28.5. The van der Waals surface area contributed by atoms with Crippen LogP contribution in [0, 0.1) is 17.8 Å². The van der Waals surface area contributed by atoms with Gasteiger partial charge in [-0.15, -0.1) is 4.36 Å². The van der Waals surface area contributed by atoms with Crippen molar-refractivity contribution in [3.63, 3.8) is 0 Å². The molecule has 4 aliphatic rings. The number of hydrogen-bond donors (Lipinski definition) is 1. The second kappa shape index (κ2) is 15.2. The van der Waals surface area contributed by atoms with Crippen molar-refractivity contribution < 1.29 is 23.3 Å². The van der Waals surface area contributed by atoms with E-state index in [2.05, 4.69) is 36.3 Å². The monoisotopic (exact) mass is 785 g/mol. The van der Waals surface area contributed by atoms with Crippen LogP contribution in [0.2, 0.25) is 5.02 Å². The largest absolute Gasteiger partial charge is 0.490 e. The van der Waals surface area contributed by atoms with E-state index in [0.29, 0.717) is 43.0 Å². The van der Waals surface area contributed by atoms with Gasteiger partial charge in [0.05, 0.1) is 30.3 Å². The van der Waals surface area contributed by atoms with Crippen LogP contribution < -0.4 is 14.4 Å². The van der Waals surface area contributed by atoms with E-state index in [1.54, 1.807) is 34.9 Å². The van der Waals surface area contributed by atoms with Crippen molar-refractivity contribution in [3.05, 3.63) is 106 Å². The predicted octanol–water partition coefficient (Wildman–Crippen LogP) is 6.44. The summed E-state index contributed by atoms with van der Waals surface area (Å²) in [6, 6.07) is 11.6. The zero-order chi connectivity index (χ0) is 38.3. The Labute approximate surface area is 327 Å². The van der Waals surface area contributed by atoms with Gasteiger partial charge in [0.1, 0.15) is 21.8 Å². The Morgan fingerprint density at radius 3 is 2.71 bits per heavy atom. The second-order valence-electron chi connectivity index (χ2n) is 15.9. The number of carbonyl (C=O) groups is 2. The Bertz CT molecular complexity index is 2260. The Hall–Kier alpha value is -4.46. The van der Waals surface area contributed by atoms with E-state index >= 15 is 0 Å². The van der Waals surface area contributed by atoms with Crippen molar-refractivity contribution in [1.29, 1.82) is 0 Å². The molecule has 55 heavy (non-hydrogen) atoms. The van der Waals surface area contributed by atoms with Crippen LogP contribution in [0.25, 0.3) is 0 Å². The fourth-order valence-corrected chi connectivity index (χ4v) is 10.9. The Morgan fingerprint density at radius 1 is 1.11 bits per heavy atom. The molecule has 1 saturated carbocycles. The summed E-state index contributed by atoms with van der Waals surface area (Å²) >= 11 is 6.49. The highest BCUT2D eigenvalue weighted by atomic mass is 35.5. The summed E-state index contributed by atoms with van der Waals surface area (Å²) in [5.74, 6) is 0.0505. The number of aromatic nitrogens is 4. The lowest BCUT2D eigenvalue weighted by molar-refractivity contribution is -0.00207. The van der Waals surface area contributed by atoms with Gasteiger partial charge in [-0.05, 0) is 97.9 Å². The van der Waals surface area contributed by atoms with E-state index in [9.17, 15) is 13.8 Å². The molecule has 0 saturated heterocycles. The minimum atomic E-state index is -3.22. The van der Waals surface area contributed by atoms with Gasteiger partial charge in [-0.1, -0.05) is 30.7 Å². The first-order valence-corrected chi connectivity index (χ1v) is 21.2. The van der Waals surface area contributed by atoms with E-state index in [1.807, 2.05) is 50.5 Å². The lowest BCUT2D eigenvalue weighted by Crippen LogP contribution is -2.49. The quantitative estimate of drug-likeness (QED) is 0.181. The predicted molar refractivity (Wildman–Crippen MR) is 212 cm³/mol. The molecule has 4 heterocycles. The molecule has 0 radical (unpaired) electrons. The smallest absolute Gasteiger partial charge is 0.341 e. The second-order valence-corrected chi connectivity index (χ2v) is 18.4. The number of allylic oxidation sites excluding steroid dienone is 1. The third-order valence-electron chi connectivity index (χ3n) is 11.7. The number of rotatable bonds is 5. The maximum Gasteiger partial charge on any atom is 0.341 e. The van der Waals surface area contributed by atoms with Gasteiger partial charge in [-0.3, -0.25) is 14.2 Å². The van der Waals surface area contributed by atoms with Gasteiger partial charge in [-0.2, -0.15) is 10.2 Å². The van der Waals surface area contributed by atoms with E-state index in [-0.39, 0.29) is 35.5 Å². The van der Waals surface area contributed by atoms with Crippen LogP contribution in [0.15, 0.2) is 77.7 Å². The molecule has 2 aliphatic heterocycles. The number of amides is 1. The van der Waals surface area contributed by atoms with Gasteiger partial charge in [0.2, 0.25) is 0 Å². The molecule has 1 spiro atoms. The average molecular weight is 786 g/mol. The maximum atomic E-state index is 14.6. The highest BCUT2D eigenvalue weighted by Gasteiger charge is 2.45. The van der Waals surface area contributed by atoms with Gasteiger partial charge in [-0.25, -0.2) is 13.7 Å². The molecule has 1 unspecified atom stereocenters. The fraction of sp³-hybridized carbons (Fsp3) is 0.463. The Balaban J connectivity index is 1.19. The lowest BCUT2D eigenvalue weighted by Gasteiger charge is -2.46. The van der Waals surface area contributed by atoms with Crippen LogP contribution >= 0.6 is 11.6 Å². The third kappa shape index (κ3) is 7.97. The van der Waals surface area contributed by atoms with Crippen LogP contribution in [-0.4, -0.2) is 67.2 Å². The minimum absolute atomic E-state index is 0.0753. The number of aryl methyl sites for hydroxylation is 3. The van der Waals surface area contributed by atoms with Crippen molar-refractivity contribution >= 4 is 39.1 Å². The highest BCUT2D eigenvalue weighted by molar-refractivity contribution is 7.92. The first-order chi connectivity index (χ1) is 26.5. The number of nitrogens with one attached hydrogen (secondary N) is 1.